The summed E-state index contributed by atoms with van der Waals surface area (Å²) in [4.78, 5) is 0. The molecule has 0 spiro atoms. The van der Waals surface area contributed by atoms with Crippen LogP contribution in [-0.2, 0) is 26.4 Å². The molecule has 0 atom stereocenters. The summed E-state index contributed by atoms with van der Waals surface area (Å²) in [5, 5.41) is 0. The molecule has 0 radical (unpaired) electrons. The number of sulfone groups is 1. The van der Waals surface area contributed by atoms with Crippen molar-refractivity contribution in [2.75, 3.05) is 30.5 Å². The zero-order valence-corrected chi connectivity index (χ0v) is 12.5. The summed E-state index contributed by atoms with van der Waals surface area (Å²) in [7, 11) is -5.47. The third kappa shape index (κ3) is 5.58. The summed E-state index contributed by atoms with van der Waals surface area (Å²) < 4.78 is 46.9. The Morgan fingerprint density at radius 2 is 1.79 bits per heavy atom. The molecule has 19 heavy (non-hydrogen) atoms. The molecule has 0 aliphatic carbocycles. The fourth-order valence-electron chi connectivity index (χ4n) is 1.46. The summed E-state index contributed by atoms with van der Waals surface area (Å²) >= 11 is 0. The minimum absolute atomic E-state index is 0.164. The molecular weight excluding hydrogens is 288 g/mol. The van der Waals surface area contributed by atoms with Gasteiger partial charge in [-0.05, 0) is 17.7 Å². The smallest absolute Gasteiger partial charge is 0.215 e. The van der Waals surface area contributed by atoms with Gasteiger partial charge in [0.25, 0.3) is 0 Å². The largest absolute Gasteiger partial charge is 0.399 e. The number of rotatable bonds is 6. The zero-order chi connectivity index (χ0) is 14.7. The monoisotopic (exact) mass is 306 g/mol. The van der Waals surface area contributed by atoms with Crippen molar-refractivity contribution in [2.45, 2.75) is 6.54 Å². The number of hydrogen-bond donors (Lipinski definition) is 1. The first-order valence-electron chi connectivity index (χ1n) is 5.56. The van der Waals surface area contributed by atoms with Gasteiger partial charge in [0, 0.05) is 25.5 Å². The molecule has 0 amide bonds. The molecule has 8 heteroatoms. The zero-order valence-electron chi connectivity index (χ0n) is 10.9. The van der Waals surface area contributed by atoms with Crippen molar-refractivity contribution in [2.24, 2.45) is 0 Å². The molecule has 0 heterocycles. The summed E-state index contributed by atoms with van der Waals surface area (Å²) in [6.45, 7) is 0.164. The lowest BCUT2D eigenvalue weighted by Gasteiger charge is -2.17. The number of nitrogen functional groups attached to an aromatic ring is 1. The SMILES string of the molecule is CN(Cc1cccc(N)c1)S(=O)(=O)CCS(C)(=O)=O. The highest BCUT2D eigenvalue weighted by Crippen LogP contribution is 2.11. The first kappa shape index (κ1) is 15.9. The van der Waals surface area contributed by atoms with Gasteiger partial charge in [-0.2, -0.15) is 0 Å². The predicted octanol–water partition coefficient (Wildman–Crippen LogP) is 0.0750. The molecule has 0 aliphatic heterocycles. The van der Waals surface area contributed by atoms with E-state index in [1.165, 1.54) is 7.05 Å². The van der Waals surface area contributed by atoms with Crippen LogP contribution in [0.15, 0.2) is 24.3 Å². The van der Waals surface area contributed by atoms with E-state index in [1.54, 1.807) is 24.3 Å². The van der Waals surface area contributed by atoms with Crippen LogP contribution >= 0.6 is 0 Å². The van der Waals surface area contributed by atoms with Gasteiger partial charge in [-0.15, -0.1) is 0 Å². The molecule has 108 valence electrons. The normalized spacial score (nSPS) is 12.8. The van der Waals surface area contributed by atoms with Gasteiger partial charge >= 0.3 is 0 Å². The van der Waals surface area contributed by atoms with Crippen molar-refractivity contribution >= 4 is 25.5 Å². The molecular formula is C11H18N2O4S2. The molecule has 0 aliphatic rings. The van der Waals surface area contributed by atoms with Crippen molar-refractivity contribution in [1.29, 1.82) is 0 Å². The summed E-state index contributed by atoms with van der Waals surface area (Å²) in [5.41, 5.74) is 6.92. The van der Waals surface area contributed by atoms with E-state index in [0.717, 1.165) is 16.1 Å². The molecule has 1 aromatic rings. The highest BCUT2D eigenvalue weighted by molar-refractivity contribution is 7.93. The van der Waals surface area contributed by atoms with Crippen LogP contribution < -0.4 is 5.73 Å². The molecule has 0 saturated carbocycles. The summed E-state index contributed by atoms with van der Waals surface area (Å²) in [6.07, 6.45) is 1.01. The van der Waals surface area contributed by atoms with Crippen LogP contribution in [0.4, 0.5) is 5.69 Å². The first-order valence-corrected chi connectivity index (χ1v) is 9.23. The van der Waals surface area contributed by atoms with Crippen LogP contribution in [0, 0.1) is 0 Å². The molecule has 0 bridgehead atoms. The van der Waals surface area contributed by atoms with E-state index >= 15 is 0 Å². The Bertz CT molecular complexity index is 638. The molecule has 0 unspecified atom stereocenters. The Labute approximate surface area is 114 Å². The van der Waals surface area contributed by atoms with E-state index in [2.05, 4.69) is 0 Å². The highest BCUT2D eigenvalue weighted by Gasteiger charge is 2.20. The van der Waals surface area contributed by atoms with Crippen molar-refractivity contribution in [3.8, 4) is 0 Å². The second kappa shape index (κ2) is 5.89. The number of hydrogen-bond acceptors (Lipinski definition) is 5. The van der Waals surface area contributed by atoms with Gasteiger partial charge < -0.3 is 5.73 Å². The number of nitrogens with zero attached hydrogens (tertiary/aromatic N) is 1. The lowest BCUT2D eigenvalue weighted by atomic mass is 10.2. The lowest BCUT2D eigenvalue weighted by molar-refractivity contribution is 0.467. The van der Waals surface area contributed by atoms with Crippen LogP contribution in [0.5, 0.6) is 0 Å². The Balaban J connectivity index is 2.74. The minimum Gasteiger partial charge on any atom is -0.399 e. The Morgan fingerprint density at radius 3 is 2.32 bits per heavy atom. The summed E-state index contributed by atoms with van der Waals surface area (Å²) in [5.74, 6) is -0.790. The van der Waals surface area contributed by atoms with Gasteiger partial charge in [-0.1, -0.05) is 12.1 Å². The van der Waals surface area contributed by atoms with Crippen LogP contribution in [-0.4, -0.2) is 45.9 Å². The van der Waals surface area contributed by atoms with E-state index in [4.69, 9.17) is 5.73 Å². The molecule has 1 aromatic carbocycles. The van der Waals surface area contributed by atoms with Gasteiger partial charge in [0.2, 0.25) is 10.0 Å². The highest BCUT2D eigenvalue weighted by atomic mass is 32.2. The van der Waals surface area contributed by atoms with E-state index in [0.29, 0.717) is 5.69 Å². The topological polar surface area (TPSA) is 97.5 Å². The van der Waals surface area contributed by atoms with Gasteiger partial charge in [-0.3, -0.25) is 0 Å². The molecule has 0 fully saturated rings. The van der Waals surface area contributed by atoms with Gasteiger partial charge in [0.15, 0.2) is 0 Å². The van der Waals surface area contributed by atoms with Crippen LogP contribution in [0.25, 0.3) is 0 Å². The molecule has 0 saturated heterocycles. The van der Waals surface area contributed by atoms with Crippen LogP contribution in [0.2, 0.25) is 0 Å². The maximum atomic E-state index is 11.9. The Morgan fingerprint density at radius 1 is 1.16 bits per heavy atom. The maximum Gasteiger partial charge on any atom is 0.215 e. The first-order chi connectivity index (χ1) is 8.60. The van der Waals surface area contributed by atoms with E-state index in [1.807, 2.05) is 0 Å². The standard InChI is InChI=1S/C11H18N2O4S2/c1-13(9-10-4-3-5-11(12)8-10)19(16,17)7-6-18(2,14)15/h3-5,8H,6-7,9,12H2,1-2H3. The third-order valence-electron chi connectivity index (χ3n) is 2.54. The van der Waals surface area contributed by atoms with Crippen molar-refractivity contribution in [1.82, 2.24) is 4.31 Å². The van der Waals surface area contributed by atoms with Gasteiger partial charge in [0.05, 0.1) is 11.5 Å². The number of nitrogens with two attached hydrogens (primary N) is 1. The predicted molar refractivity (Wildman–Crippen MR) is 75.8 cm³/mol. The van der Waals surface area contributed by atoms with E-state index in [-0.39, 0.29) is 12.3 Å². The van der Waals surface area contributed by atoms with Crippen LogP contribution in [0.1, 0.15) is 5.56 Å². The molecule has 2 N–H and O–H groups in total. The maximum absolute atomic E-state index is 11.9. The molecule has 0 aromatic heterocycles. The average Bonchev–Trinajstić information content (AvgIpc) is 2.25. The quantitative estimate of drug-likeness (QED) is 0.750. The fraction of sp³-hybridized carbons (Fsp3) is 0.455. The van der Waals surface area contributed by atoms with E-state index in [9.17, 15) is 16.8 Å². The molecule has 6 nitrogen and oxygen atoms in total. The van der Waals surface area contributed by atoms with Gasteiger partial charge in [0.1, 0.15) is 9.84 Å². The fourth-order valence-corrected chi connectivity index (χ4v) is 4.17. The lowest BCUT2D eigenvalue weighted by Crippen LogP contribution is -2.31. The number of anilines is 1. The van der Waals surface area contributed by atoms with Crippen molar-refractivity contribution in [3.05, 3.63) is 29.8 Å². The molecule has 1 rings (SSSR count). The van der Waals surface area contributed by atoms with E-state index < -0.39 is 25.6 Å². The second-order valence-corrected chi connectivity index (χ2v) is 8.90. The minimum atomic E-state index is -3.59. The van der Waals surface area contributed by atoms with Crippen LogP contribution in [0.3, 0.4) is 0 Å². The Hall–Kier alpha value is -1.12. The second-order valence-electron chi connectivity index (χ2n) is 4.45. The van der Waals surface area contributed by atoms with Crippen molar-refractivity contribution < 1.29 is 16.8 Å². The third-order valence-corrected chi connectivity index (χ3v) is 5.55. The summed E-state index contributed by atoms with van der Waals surface area (Å²) in [6, 6.07) is 6.89. The number of sulfonamides is 1. The van der Waals surface area contributed by atoms with Crippen molar-refractivity contribution in [3.63, 3.8) is 0 Å². The Kier molecular flexibility index (Phi) is 4.94. The average molecular weight is 306 g/mol. The van der Waals surface area contributed by atoms with Gasteiger partial charge in [-0.25, -0.2) is 21.1 Å². The number of benzene rings is 1.